The first kappa shape index (κ1) is 14.2. The summed E-state index contributed by atoms with van der Waals surface area (Å²) in [5.41, 5.74) is 2.29. The fourth-order valence-electron chi connectivity index (χ4n) is 2.73. The molecule has 0 bridgehead atoms. The van der Waals surface area contributed by atoms with Crippen molar-refractivity contribution in [3.05, 3.63) is 29.3 Å². The third kappa shape index (κ3) is 2.71. The van der Waals surface area contributed by atoms with E-state index in [0.717, 1.165) is 18.4 Å². The Bertz CT molecular complexity index is 563. The molecule has 0 aromatic heterocycles. The number of amides is 1. The molecule has 112 valence electrons. The third-order valence-electron chi connectivity index (χ3n) is 3.93. The Labute approximate surface area is 123 Å². The molecule has 0 atom stereocenters. The number of nitrogens with zero attached hydrogens (tertiary/aromatic N) is 1. The van der Waals surface area contributed by atoms with E-state index in [1.54, 1.807) is 4.90 Å². The summed E-state index contributed by atoms with van der Waals surface area (Å²) in [5, 5.41) is 0. The van der Waals surface area contributed by atoms with Crippen molar-refractivity contribution in [1.82, 2.24) is 0 Å². The van der Waals surface area contributed by atoms with Crippen LogP contribution in [0, 0.1) is 0 Å². The highest BCUT2D eigenvalue weighted by Gasteiger charge is 2.36. The molecule has 0 saturated carbocycles. The number of Topliss-reactive ketones (excluding diaryl/α,β-unsaturated/α-hetero) is 1. The van der Waals surface area contributed by atoms with Crippen LogP contribution in [0.25, 0.3) is 0 Å². The van der Waals surface area contributed by atoms with Gasteiger partial charge < -0.3 is 14.4 Å². The molecule has 0 radical (unpaired) electrons. The van der Waals surface area contributed by atoms with Crippen LogP contribution in [0.2, 0.25) is 0 Å². The maximum Gasteiger partial charge on any atom is 0.299 e. The first-order valence-electron chi connectivity index (χ1n) is 7.43. The molecule has 1 saturated heterocycles. The van der Waals surface area contributed by atoms with E-state index < -0.39 is 11.7 Å². The first-order valence-corrected chi connectivity index (χ1v) is 7.43. The van der Waals surface area contributed by atoms with Gasteiger partial charge >= 0.3 is 0 Å². The Hall–Kier alpha value is -1.72. The van der Waals surface area contributed by atoms with Gasteiger partial charge in [0, 0.05) is 13.0 Å². The summed E-state index contributed by atoms with van der Waals surface area (Å²) in [5.74, 6) is -0.861. The van der Waals surface area contributed by atoms with Crippen molar-refractivity contribution in [2.24, 2.45) is 0 Å². The molecule has 2 aliphatic rings. The van der Waals surface area contributed by atoms with E-state index in [1.807, 2.05) is 25.1 Å². The van der Waals surface area contributed by atoms with Crippen LogP contribution in [0.1, 0.15) is 35.7 Å². The number of aryl methyl sites for hydroxylation is 1. The van der Waals surface area contributed by atoms with Gasteiger partial charge in [0.2, 0.25) is 0 Å². The van der Waals surface area contributed by atoms with E-state index in [4.69, 9.17) is 9.47 Å². The minimum atomic E-state index is -0.450. The lowest BCUT2D eigenvalue weighted by atomic mass is 10.1. The van der Waals surface area contributed by atoms with Crippen LogP contribution in [0.15, 0.2) is 18.2 Å². The smallest absolute Gasteiger partial charge is 0.299 e. The van der Waals surface area contributed by atoms with Crippen LogP contribution in [0.4, 0.5) is 5.69 Å². The average molecular weight is 289 g/mol. The highest BCUT2D eigenvalue weighted by atomic mass is 16.7. The summed E-state index contributed by atoms with van der Waals surface area (Å²) in [6, 6.07) is 5.65. The Morgan fingerprint density at radius 2 is 2.00 bits per heavy atom. The summed E-state index contributed by atoms with van der Waals surface area (Å²) < 4.78 is 11.0. The molecular formula is C16H19NO4. The topological polar surface area (TPSA) is 55.8 Å². The number of anilines is 1. The predicted molar refractivity (Wildman–Crippen MR) is 77.4 cm³/mol. The van der Waals surface area contributed by atoms with Crippen LogP contribution in [0.3, 0.4) is 0 Å². The van der Waals surface area contributed by atoms with Crippen molar-refractivity contribution < 1.29 is 19.1 Å². The Morgan fingerprint density at radius 3 is 2.71 bits per heavy atom. The van der Waals surface area contributed by atoms with E-state index in [-0.39, 0.29) is 6.29 Å². The zero-order valence-corrected chi connectivity index (χ0v) is 12.1. The van der Waals surface area contributed by atoms with Crippen molar-refractivity contribution in [1.29, 1.82) is 0 Å². The summed E-state index contributed by atoms with van der Waals surface area (Å²) in [7, 11) is 0. The molecular weight excluding hydrogens is 270 g/mol. The zero-order chi connectivity index (χ0) is 14.8. The SMILES string of the molecule is CCc1ccc2c(c1)C(=O)C(=O)N2CCC1OCCCO1. The number of benzene rings is 1. The number of hydrogen-bond donors (Lipinski definition) is 0. The standard InChI is InChI=1S/C16H19NO4/c1-2-11-4-5-13-12(10-11)15(18)16(19)17(13)7-6-14-20-8-3-9-21-14/h4-5,10,14H,2-3,6-9H2,1H3. The first-order chi connectivity index (χ1) is 10.2. The van der Waals surface area contributed by atoms with Crippen molar-refractivity contribution in [2.45, 2.75) is 32.5 Å². The number of ketones is 1. The second-order valence-corrected chi connectivity index (χ2v) is 5.30. The van der Waals surface area contributed by atoms with Crippen molar-refractivity contribution >= 4 is 17.4 Å². The zero-order valence-electron chi connectivity index (χ0n) is 12.1. The van der Waals surface area contributed by atoms with Crippen LogP contribution in [-0.4, -0.2) is 37.7 Å². The van der Waals surface area contributed by atoms with Gasteiger partial charge in [-0.25, -0.2) is 0 Å². The molecule has 5 heteroatoms. The molecule has 1 amide bonds. The van der Waals surface area contributed by atoms with Gasteiger partial charge in [0.1, 0.15) is 0 Å². The monoisotopic (exact) mass is 289 g/mol. The summed E-state index contributed by atoms with van der Waals surface area (Å²) >= 11 is 0. The molecule has 1 fully saturated rings. The molecule has 0 N–H and O–H groups in total. The molecule has 1 aromatic carbocycles. The Morgan fingerprint density at radius 1 is 1.24 bits per heavy atom. The second-order valence-electron chi connectivity index (χ2n) is 5.30. The highest BCUT2D eigenvalue weighted by Crippen LogP contribution is 2.30. The van der Waals surface area contributed by atoms with Gasteiger partial charge in [-0.1, -0.05) is 13.0 Å². The predicted octanol–water partition coefficient (Wildman–Crippen LogP) is 1.93. The molecule has 2 heterocycles. The number of ether oxygens (including phenoxy) is 2. The average Bonchev–Trinajstić information content (AvgIpc) is 2.77. The molecule has 1 aromatic rings. The lowest BCUT2D eigenvalue weighted by molar-refractivity contribution is -0.179. The summed E-state index contributed by atoms with van der Waals surface area (Å²) in [6.07, 6.45) is 2.05. The third-order valence-corrected chi connectivity index (χ3v) is 3.93. The summed E-state index contributed by atoms with van der Waals surface area (Å²) in [4.78, 5) is 25.7. The van der Waals surface area contributed by atoms with Gasteiger partial charge in [0.05, 0.1) is 24.5 Å². The fraction of sp³-hybridized carbons (Fsp3) is 0.500. The van der Waals surface area contributed by atoms with Crippen LogP contribution >= 0.6 is 0 Å². The fourth-order valence-corrected chi connectivity index (χ4v) is 2.73. The number of hydrogen-bond acceptors (Lipinski definition) is 4. The van der Waals surface area contributed by atoms with Gasteiger partial charge in [-0.15, -0.1) is 0 Å². The normalized spacial score (nSPS) is 19.2. The number of carbonyl (C=O) groups excluding carboxylic acids is 2. The molecule has 0 unspecified atom stereocenters. The van der Waals surface area contributed by atoms with Gasteiger partial charge in [0.25, 0.3) is 11.7 Å². The largest absolute Gasteiger partial charge is 0.353 e. The lowest BCUT2D eigenvalue weighted by Gasteiger charge is -2.25. The number of rotatable bonds is 4. The van der Waals surface area contributed by atoms with Crippen LogP contribution in [-0.2, 0) is 20.7 Å². The number of carbonyl (C=O) groups is 2. The molecule has 0 spiro atoms. The van der Waals surface area contributed by atoms with E-state index >= 15 is 0 Å². The molecule has 5 nitrogen and oxygen atoms in total. The second kappa shape index (κ2) is 5.95. The Balaban J connectivity index is 1.74. The van der Waals surface area contributed by atoms with E-state index in [9.17, 15) is 9.59 Å². The number of fused-ring (bicyclic) bond motifs is 1. The minimum absolute atomic E-state index is 0.277. The molecule has 0 aliphatic carbocycles. The maximum atomic E-state index is 12.1. The van der Waals surface area contributed by atoms with Crippen molar-refractivity contribution in [3.63, 3.8) is 0 Å². The van der Waals surface area contributed by atoms with Gasteiger partial charge in [0.15, 0.2) is 6.29 Å². The van der Waals surface area contributed by atoms with E-state index in [1.165, 1.54) is 0 Å². The molecule has 21 heavy (non-hydrogen) atoms. The Kier molecular flexibility index (Phi) is 4.03. The van der Waals surface area contributed by atoms with Crippen molar-refractivity contribution in [3.8, 4) is 0 Å². The highest BCUT2D eigenvalue weighted by molar-refractivity contribution is 6.52. The van der Waals surface area contributed by atoms with E-state index in [2.05, 4.69) is 0 Å². The van der Waals surface area contributed by atoms with Crippen LogP contribution < -0.4 is 4.90 Å². The van der Waals surface area contributed by atoms with E-state index in [0.29, 0.717) is 37.4 Å². The lowest BCUT2D eigenvalue weighted by Crippen LogP contribution is -2.35. The van der Waals surface area contributed by atoms with Crippen molar-refractivity contribution in [2.75, 3.05) is 24.7 Å². The maximum absolute atomic E-state index is 12.1. The molecule has 2 aliphatic heterocycles. The van der Waals surface area contributed by atoms with Gasteiger partial charge in [-0.05, 0) is 30.5 Å². The quantitative estimate of drug-likeness (QED) is 0.795. The minimum Gasteiger partial charge on any atom is -0.353 e. The van der Waals surface area contributed by atoms with Gasteiger partial charge in [-0.3, -0.25) is 9.59 Å². The van der Waals surface area contributed by atoms with Gasteiger partial charge in [-0.2, -0.15) is 0 Å². The molecule has 3 rings (SSSR count). The van der Waals surface area contributed by atoms with Crippen LogP contribution in [0.5, 0.6) is 0 Å². The summed E-state index contributed by atoms with van der Waals surface area (Å²) in [6.45, 7) is 3.84.